The summed E-state index contributed by atoms with van der Waals surface area (Å²) in [5.41, 5.74) is 0.781. The first-order valence-corrected chi connectivity index (χ1v) is 5.03. The maximum Gasteiger partial charge on any atom is 0.125 e. The van der Waals surface area contributed by atoms with Crippen LogP contribution < -0.4 is 5.32 Å². The van der Waals surface area contributed by atoms with E-state index in [9.17, 15) is 4.39 Å². The topological polar surface area (TPSA) is 30.5 Å². The lowest BCUT2D eigenvalue weighted by Gasteiger charge is -2.26. The van der Waals surface area contributed by atoms with Crippen LogP contribution in [0.4, 0.5) is 10.1 Å². The Kier molecular flexibility index (Phi) is 3.53. The van der Waals surface area contributed by atoms with E-state index in [1.54, 1.807) is 6.07 Å². The second kappa shape index (κ2) is 5.09. The first kappa shape index (κ1) is 10.4. The number of rotatable bonds is 5. The molecule has 1 saturated heterocycles. The molecular weight excluding hydrogens is 197 g/mol. The van der Waals surface area contributed by atoms with E-state index in [4.69, 9.17) is 9.47 Å². The van der Waals surface area contributed by atoms with E-state index in [-0.39, 0.29) is 11.9 Å². The van der Waals surface area contributed by atoms with Crippen LogP contribution in [0.1, 0.15) is 0 Å². The van der Waals surface area contributed by atoms with Crippen molar-refractivity contribution in [3.8, 4) is 0 Å². The molecule has 0 bridgehead atoms. The highest BCUT2D eigenvalue weighted by Gasteiger charge is 2.17. The van der Waals surface area contributed by atoms with Crippen molar-refractivity contribution in [2.24, 2.45) is 0 Å². The molecule has 0 radical (unpaired) electrons. The van der Waals surface area contributed by atoms with Crippen molar-refractivity contribution in [2.75, 3.05) is 31.7 Å². The summed E-state index contributed by atoms with van der Waals surface area (Å²) in [6.45, 7) is 2.68. The second-order valence-corrected chi connectivity index (χ2v) is 3.47. The average molecular weight is 211 g/mol. The summed E-state index contributed by atoms with van der Waals surface area (Å²) in [5.74, 6) is -0.228. The molecule has 1 aliphatic heterocycles. The lowest BCUT2D eigenvalue weighted by atomic mass is 10.3. The molecule has 1 heterocycles. The summed E-state index contributed by atoms with van der Waals surface area (Å²) in [7, 11) is 0. The first-order chi connectivity index (χ1) is 7.34. The second-order valence-electron chi connectivity index (χ2n) is 3.47. The molecule has 2 rings (SSSR count). The summed E-state index contributed by atoms with van der Waals surface area (Å²) in [5, 5.41) is 3.08. The Morgan fingerprint density at radius 3 is 3.00 bits per heavy atom. The van der Waals surface area contributed by atoms with Crippen LogP contribution in [0, 0.1) is 5.82 Å². The van der Waals surface area contributed by atoms with Gasteiger partial charge in [-0.25, -0.2) is 4.39 Å². The van der Waals surface area contributed by atoms with Crippen LogP contribution in [0.5, 0.6) is 0 Å². The van der Waals surface area contributed by atoms with Gasteiger partial charge in [-0.3, -0.25) is 0 Å². The van der Waals surface area contributed by atoms with Crippen molar-refractivity contribution < 1.29 is 13.9 Å². The lowest BCUT2D eigenvalue weighted by Crippen LogP contribution is -2.37. The zero-order valence-electron chi connectivity index (χ0n) is 8.41. The normalized spacial score (nSPS) is 16.1. The van der Waals surface area contributed by atoms with Gasteiger partial charge in [0.15, 0.2) is 0 Å². The number of benzene rings is 1. The Labute approximate surface area is 88.2 Å². The van der Waals surface area contributed by atoms with Crippen molar-refractivity contribution in [3.63, 3.8) is 0 Å². The molecule has 0 saturated carbocycles. The molecule has 0 aliphatic carbocycles. The fraction of sp³-hybridized carbons (Fsp3) is 0.455. The molecule has 1 fully saturated rings. The third-order valence-electron chi connectivity index (χ3n) is 2.22. The van der Waals surface area contributed by atoms with E-state index in [0.717, 1.165) is 5.69 Å². The molecule has 4 heteroatoms. The standard InChI is InChI=1S/C11H14FNO2/c12-9-2-1-3-10(6-9)13-4-5-15-11-7-14-8-11/h1-3,6,11,13H,4-5,7-8H2. The Bertz CT molecular complexity index is 315. The molecule has 0 unspecified atom stereocenters. The molecule has 0 spiro atoms. The largest absolute Gasteiger partial charge is 0.383 e. The van der Waals surface area contributed by atoms with Crippen LogP contribution in [0.25, 0.3) is 0 Å². The Morgan fingerprint density at radius 1 is 1.47 bits per heavy atom. The minimum atomic E-state index is -0.228. The highest BCUT2D eigenvalue weighted by atomic mass is 19.1. The maximum absolute atomic E-state index is 12.8. The van der Waals surface area contributed by atoms with Crippen molar-refractivity contribution in [1.82, 2.24) is 0 Å². The van der Waals surface area contributed by atoms with E-state index in [1.807, 2.05) is 6.07 Å². The lowest BCUT2D eigenvalue weighted by molar-refractivity contribution is -0.127. The van der Waals surface area contributed by atoms with Gasteiger partial charge in [0.05, 0.1) is 19.8 Å². The van der Waals surface area contributed by atoms with Gasteiger partial charge in [0.25, 0.3) is 0 Å². The van der Waals surface area contributed by atoms with E-state index in [0.29, 0.717) is 26.4 Å². The number of nitrogens with one attached hydrogen (secondary N) is 1. The summed E-state index contributed by atoms with van der Waals surface area (Å²) in [4.78, 5) is 0. The Morgan fingerprint density at radius 2 is 2.33 bits per heavy atom. The molecule has 82 valence electrons. The molecule has 1 N–H and O–H groups in total. The molecule has 0 atom stereocenters. The number of ether oxygens (including phenoxy) is 2. The summed E-state index contributed by atoms with van der Waals surface area (Å²) >= 11 is 0. The fourth-order valence-corrected chi connectivity index (χ4v) is 1.33. The minimum Gasteiger partial charge on any atom is -0.383 e. The molecule has 0 aromatic heterocycles. The zero-order chi connectivity index (χ0) is 10.5. The average Bonchev–Trinajstić information content (AvgIpc) is 2.15. The third kappa shape index (κ3) is 3.18. The van der Waals surface area contributed by atoms with Gasteiger partial charge in [-0.05, 0) is 18.2 Å². The van der Waals surface area contributed by atoms with Crippen molar-refractivity contribution in [3.05, 3.63) is 30.1 Å². The first-order valence-electron chi connectivity index (χ1n) is 5.03. The SMILES string of the molecule is Fc1cccc(NCCOC2COC2)c1. The van der Waals surface area contributed by atoms with Gasteiger partial charge in [0.1, 0.15) is 11.9 Å². The molecule has 3 nitrogen and oxygen atoms in total. The molecular formula is C11H14FNO2. The van der Waals surface area contributed by atoms with Crippen LogP contribution in [-0.2, 0) is 9.47 Å². The number of hydrogen-bond acceptors (Lipinski definition) is 3. The van der Waals surface area contributed by atoms with Gasteiger partial charge in [-0.1, -0.05) is 6.07 Å². The van der Waals surface area contributed by atoms with Crippen molar-refractivity contribution >= 4 is 5.69 Å². The van der Waals surface area contributed by atoms with Crippen LogP contribution in [0.2, 0.25) is 0 Å². The van der Waals surface area contributed by atoms with Gasteiger partial charge in [0, 0.05) is 12.2 Å². The summed E-state index contributed by atoms with van der Waals surface area (Å²) in [6.07, 6.45) is 0.249. The Balaban J connectivity index is 1.64. The van der Waals surface area contributed by atoms with Crippen LogP contribution in [0.3, 0.4) is 0 Å². The van der Waals surface area contributed by atoms with Gasteiger partial charge in [0.2, 0.25) is 0 Å². The van der Waals surface area contributed by atoms with Crippen LogP contribution in [0.15, 0.2) is 24.3 Å². The summed E-state index contributed by atoms with van der Waals surface area (Å²) in [6, 6.07) is 6.40. The van der Waals surface area contributed by atoms with Gasteiger partial charge < -0.3 is 14.8 Å². The molecule has 15 heavy (non-hydrogen) atoms. The number of halogens is 1. The monoisotopic (exact) mass is 211 g/mol. The molecule has 1 aliphatic rings. The van der Waals surface area contributed by atoms with Crippen LogP contribution in [-0.4, -0.2) is 32.5 Å². The quantitative estimate of drug-likeness (QED) is 0.751. The third-order valence-corrected chi connectivity index (χ3v) is 2.22. The predicted molar refractivity (Wildman–Crippen MR) is 55.4 cm³/mol. The highest BCUT2D eigenvalue weighted by Crippen LogP contribution is 2.09. The van der Waals surface area contributed by atoms with Crippen molar-refractivity contribution in [1.29, 1.82) is 0 Å². The Hall–Kier alpha value is -1.13. The van der Waals surface area contributed by atoms with Gasteiger partial charge in [-0.2, -0.15) is 0 Å². The minimum absolute atomic E-state index is 0.228. The predicted octanol–water partition coefficient (Wildman–Crippen LogP) is 1.65. The highest BCUT2D eigenvalue weighted by molar-refractivity contribution is 5.42. The van der Waals surface area contributed by atoms with Crippen LogP contribution >= 0.6 is 0 Å². The molecule has 0 amide bonds. The van der Waals surface area contributed by atoms with E-state index < -0.39 is 0 Å². The smallest absolute Gasteiger partial charge is 0.125 e. The van der Waals surface area contributed by atoms with Gasteiger partial charge >= 0.3 is 0 Å². The number of anilines is 1. The fourth-order valence-electron chi connectivity index (χ4n) is 1.33. The zero-order valence-corrected chi connectivity index (χ0v) is 8.41. The van der Waals surface area contributed by atoms with Gasteiger partial charge in [-0.15, -0.1) is 0 Å². The molecule has 1 aromatic carbocycles. The van der Waals surface area contributed by atoms with E-state index in [2.05, 4.69) is 5.32 Å². The van der Waals surface area contributed by atoms with E-state index >= 15 is 0 Å². The van der Waals surface area contributed by atoms with Crippen molar-refractivity contribution in [2.45, 2.75) is 6.10 Å². The maximum atomic E-state index is 12.8. The molecule has 1 aromatic rings. The van der Waals surface area contributed by atoms with E-state index in [1.165, 1.54) is 12.1 Å². The summed E-state index contributed by atoms with van der Waals surface area (Å²) < 4.78 is 23.2. The number of hydrogen-bond donors (Lipinski definition) is 1.